The number of ether oxygens (including phenoxy) is 1. The van der Waals surface area contributed by atoms with Crippen LogP contribution >= 0.6 is 0 Å². The highest BCUT2D eigenvalue weighted by molar-refractivity contribution is 7.88. The number of hydrogen-bond acceptors (Lipinski definition) is 6. The van der Waals surface area contributed by atoms with Gasteiger partial charge in [-0.15, -0.1) is 0 Å². The second-order valence-corrected chi connectivity index (χ2v) is 7.48. The maximum Gasteiger partial charge on any atom is 0.321 e. The SMILES string of the molecule is COC(=O)CN(Cc1ccccc1)S(=O)(=O)Cc1ccc([N+](=O)[O-])cc1. The van der Waals surface area contributed by atoms with E-state index in [1.54, 1.807) is 30.3 Å². The Labute approximate surface area is 151 Å². The summed E-state index contributed by atoms with van der Waals surface area (Å²) < 4.78 is 31.1. The Kier molecular flexibility index (Phi) is 6.42. The van der Waals surface area contributed by atoms with E-state index in [-0.39, 0.29) is 18.0 Å². The molecule has 8 nitrogen and oxygen atoms in total. The Balaban J connectivity index is 2.23. The lowest BCUT2D eigenvalue weighted by atomic mass is 10.2. The lowest BCUT2D eigenvalue weighted by Gasteiger charge is -2.21. The second-order valence-electron chi connectivity index (χ2n) is 5.51. The molecule has 0 aliphatic rings. The second kappa shape index (κ2) is 8.54. The monoisotopic (exact) mass is 378 g/mol. The smallest absolute Gasteiger partial charge is 0.321 e. The molecule has 0 aromatic heterocycles. The zero-order chi connectivity index (χ0) is 19.2. The quantitative estimate of drug-likeness (QED) is 0.395. The van der Waals surface area contributed by atoms with Crippen LogP contribution in [0.2, 0.25) is 0 Å². The molecular formula is C17H18N2O6S. The van der Waals surface area contributed by atoms with Crippen molar-refractivity contribution in [2.45, 2.75) is 12.3 Å². The number of nitro benzene ring substituents is 1. The van der Waals surface area contributed by atoms with Gasteiger partial charge in [0, 0.05) is 18.7 Å². The molecule has 2 rings (SSSR count). The van der Waals surface area contributed by atoms with Crippen molar-refractivity contribution in [3.8, 4) is 0 Å². The molecule has 0 saturated heterocycles. The Bertz CT molecular complexity index is 866. The Hall–Kier alpha value is -2.78. The topological polar surface area (TPSA) is 107 Å². The molecule has 0 heterocycles. The molecule has 0 radical (unpaired) electrons. The fourth-order valence-electron chi connectivity index (χ4n) is 2.26. The molecular weight excluding hydrogens is 360 g/mol. The lowest BCUT2D eigenvalue weighted by Crippen LogP contribution is -2.36. The Morgan fingerprint density at radius 2 is 1.69 bits per heavy atom. The van der Waals surface area contributed by atoms with Crippen molar-refractivity contribution in [2.24, 2.45) is 0 Å². The molecule has 9 heteroatoms. The summed E-state index contributed by atoms with van der Waals surface area (Å²) in [6.45, 7) is -0.397. The molecule has 0 fully saturated rings. The standard InChI is InChI=1S/C17H18N2O6S/c1-25-17(20)12-18(11-14-5-3-2-4-6-14)26(23,24)13-15-7-9-16(10-8-15)19(21)22/h2-10H,11-13H2,1H3. The number of carbonyl (C=O) groups is 1. The Morgan fingerprint density at radius 3 is 2.23 bits per heavy atom. The van der Waals surface area contributed by atoms with Crippen LogP contribution in [0.1, 0.15) is 11.1 Å². The fourth-order valence-corrected chi connectivity index (χ4v) is 3.71. The normalized spacial score (nSPS) is 11.3. The summed E-state index contributed by atoms with van der Waals surface area (Å²) in [7, 11) is -2.66. The third kappa shape index (κ3) is 5.36. The summed E-state index contributed by atoms with van der Waals surface area (Å²) in [6, 6.07) is 14.1. The fraction of sp³-hybridized carbons (Fsp3) is 0.235. The van der Waals surface area contributed by atoms with E-state index in [1.807, 2.05) is 0 Å². The first-order valence-corrected chi connectivity index (χ1v) is 9.24. The van der Waals surface area contributed by atoms with Gasteiger partial charge >= 0.3 is 5.97 Å². The van der Waals surface area contributed by atoms with Gasteiger partial charge in [-0.05, 0) is 11.1 Å². The van der Waals surface area contributed by atoms with Crippen molar-refractivity contribution < 1.29 is 22.9 Å². The predicted octanol–water partition coefficient (Wildman–Crippen LogP) is 2.10. The highest BCUT2D eigenvalue weighted by Crippen LogP contribution is 2.17. The molecule has 0 aliphatic heterocycles. The van der Waals surface area contributed by atoms with Crippen LogP contribution in [0, 0.1) is 10.1 Å². The molecule has 0 amide bonds. The van der Waals surface area contributed by atoms with E-state index in [0.29, 0.717) is 5.56 Å². The minimum Gasteiger partial charge on any atom is -0.468 e. The summed E-state index contributed by atoms with van der Waals surface area (Å²) in [6.07, 6.45) is 0. The summed E-state index contributed by atoms with van der Waals surface area (Å²) in [5.41, 5.74) is 0.990. The average Bonchev–Trinajstić information content (AvgIpc) is 2.62. The van der Waals surface area contributed by atoms with E-state index < -0.39 is 27.5 Å². The van der Waals surface area contributed by atoms with Gasteiger partial charge < -0.3 is 4.74 Å². The number of esters is 1. The van der Waals surface area contributed by atoms with E-state index in [4.69, 9.17) is 0 Å². The van der Waals surface area contributed by atoms with Gasteiger partial charge in [0.2, 0.25) is 10.0 Å². The number of sulfonamides is 1. The summed E-state index contributed by atoms with van der Waals surface area (Å²) >= 11 is 0. The van der Waals surface area contributed by atoms with Crippen LogP contribution in [-0.4, -0.2) is 37.3 Å². The number of benzene rings is 2. The molecule has 0 spiro atoms. The molecule has 0 unspecified atom stereocenters. The number of methoxy groups -OCH3 is 1. The molecule has 0 bridgehead atoms. The first-order chi connectivity index (χ1) is 12.3. The van der Waals surface area contributed by atoms with Crippen molar-refractivity contribution in [2.75, 3.05) is 13.7 Å². The average molecular weight is 378 g/mol. The molecule has 0 aliphatic carbocycles. The largest absolute Gasteiger partial charge is 0.468 e. The molecule has 0 atom stereocenters. The van der Waals surface area contributed by atoms with Crippen LogP contribution in [0.4, 0.5) is 5.69 Å². The van der Waals surface area contributed by atoms with Crippen molar-refractivity contribution in [3.05, 3.63) is 75.8 Å². The number of nitro groups is 1. The van der Waals surface area contributed by atoms with E-state index in [9.17, 15) is 23.3 Å². The molecule has 138 valence electrons. The summed E-state index contributed by atoms with van der Waals surface area (Å²) in [4.78, 5) is 21.8. The van der Waals surface area contributed by atoms with Gasteiger partial charge in [-0.25, -0.2) is 8.42 Å². The first kappa shape index (κ1) is 19.5. The summed E-state index contributed by atoms with van der Waals surface area (Å²) in [5.74, 6) is -1.05. The Morgan fingerprint density at radius 1 is 1.08 bits per heavy atom. The molecule has 26 heavy (non-hydrogen) atoms. The maximum atomic E-state index is 12.8. The molecule has 0 N–H and O–H groups in total. The van der Waals surface area contributed by atoms with Crippen LogP contribution in [0.3, 0.4) is 0 Å². The van der Waals surface area contributed by atoms with Gasteiger partial charge in [0.05, 0.1) is 17.8 Å². The third-order valence-corrected chi connectivity index (χ3v) is 5.37. The summed E-state index contributed by atoms with van der Waals surface area (Å²) in [5, 5.41) is 10.7. The van der Waals surface area contributed by atoms with Crippen molar-refractivity contribution >= 4 is 21.7 Å². The lowest BCUT2D eigenvalue weighted by molar-refractivity contribution is -0.384. The van der Waals surface area contributed by atoms with E-state index in [0.717, 1.165) is 9.87 Å². The van der Waals surface area contributed by atoms with Crippen LogP contribution in [0.15, 0.2) is 54.6 Å². The van der Waals surface area contributed by atoms with Crippen LogP contribution in [-0.2, 0) is 31.9 Å². The van der Waals surface area contributed by atoms with E-state index in [2.05, 4.69) is 4.74 Å². The number of carbonyl (C=O) groups excluding carboxylic acids is 1. The molecule has 2 aromatic rings. The minimum absolute atomic E-state index is 0.0191. The highest BCUT2D eigenvalue weighted by atomic mass is 32.2. The predicted molar refractivity (Wildman–Crippen MR) is 94.6 cm³/mol. The van der Waals surface area contributed by atoms with E-state index in [1.165, 1.54) is 31.4 Å². The van der Waals surface area contributed by atoms with Crippen LogP contribution < -0.4 is 0 Å². The minimum atomic E-state index is -3.85. The van der Waals surface area contributed by atoms with Gasteiger partial charge in [0.1, 0.15) is 6.54 Å². The number of rotatable bonds is 8. The van der Waals surface area contributed by atoms with Gasteiger partial charge in [0.15, 0.2) is 0 Å². The number of nitrogens with zero attached hydrogens (tertiary/aromatic N) is 2. The van der Waals surface area contributed by atoms with Crippen molar-refractivity contribution in [1.82, 2.24) is 4.31 Å². The van der Waals surface area contributed by atoms with Crippen molar-refractivity contribution in [3.63, 3.8) is 0 Å². The van der Waals surface area contributed by atoms with Gasteiger partial charge in [-0.2, -0.15) is 4.31 Å². The van der Waals surface area contributed by atoms with Crippen molar-refractivity contribution in [1.29, 1.82) is 0 Å². The van der Waals surface area contributed by atoms with Gasteiger partial charge in [0.25, 0.3) is 5.69 Å². The first-order valence-electron chi connectivity index (χ1n) is 7.64. The molecule has 2 aromatic carbocycles. The highest BCUT2D eigenvalue weighted by Gasteiger charge is 2.26. The van der Waals surface area contributed by atoms with E-state index >= 15 is 0 Å². The zero-order valence-corrected chi connectivity index (χ0v) is 14.9. The third-order valence-electron chi connectivity index (χ3n) is 3.62. The number of non-ortho nitro benzene ring substituents is 1. The van der Waals surface area contributed by atoms with Gasteiger partial charge in [-0.3, -0.25) is 14.9 Å². The van der Waals surface area contributed by atoms with Gasteiger partial charge in [-0.1, -0.05) is 42.5 Å². The molecule has 0 saturated carbocycles. The maximum absolute atomic E-state index is 12.8. The van der Waals surface area contributed by atoms with Crippen LogP contribution in [0.25, 0.3) is 0 Å². The zero-order valence-electron chi connectivity index (χ0n) is 14.1. The number of hydrogen-bond donors (Lipinski definition) is 0. The van der Waals surface area contributed by atoms with Crippen LogP contribution in [0.5, 0.6) is 0 Å².